The van der Waals surface area contributed by atoms with Gasteiger partial charge in [0.2, 0.25) is 0 Å². The lowest BCUT2D eigenvalue weighted by Crippen LogP contribution is -2.21. The van der Waals surface area contributed by atoms with Crippen LogP contribution in [0.25, 0.3) is 0 Å². The van der Waals surface area contributed by atoms with Gasteiger partial charge in [-0.1, -0.05) is 30.3 Å². The molecule has 0 radical (unpaired) electrons. The fourth-order valence-electron chi connectivity index (χ4n) is 2.56. The highest BCUT2D eigenvalue weighted by Gasteiger charge is 2.16. The summed E-state index contributed by atoms with van der Waals surface area (Å²) in [5, 5.41) is 16.5. The van der Waals surface area contributed by atoms with E-state index < -0.39 is 23.4 Å². The number of nitro benzene ring substituents is 1. The Morgan fingerprint density at radius 2 is 1.67 bits per heavy atom. The van der Waals surface area contributed by atoms with Crippen molar-refractivity contribution in [2.45, 2.75) is 0 Å². The highest BCUT2D eigenvalue weighted by atomic mass is 79.9. The lowest BCUT2D eigenvalue weighted by atomic mass is 10.1. The maximum absolute atomic E-state index is 12.5. The van der Waals surface area contributed by atoms with Crippen LogP contribution >= 0.6 is 15.9 Å². The zero-order chi connectivity index (χ0) is 21.5. The van der Waals surface area contributed by atoms with Crippen molar-refractivity contribution >= 4 is 50.6 Å². The highest BCUT2D eigenvalue weighted by molar-refractivity contribution is 9.10. The van der Waals surface area contributed by atoms with Crippen LogP contribution in [-0.2, 0) is 9.53 Å². The van der Waals surface area contributed by atoms with Crippen molar-refractivity contribution in [3.05, 3.63) is 92.9 Å². The maximum Gasteiger partial charge on any atom is 0.340 e. The minimum absolute atomic E-state index is 0.117. The van der Waals surface area contributed by atoms with E-state index in [1.54, 1.807) is 24.3 Å². The number of halogens is 1. The number of carbonyl (C=O) groups excluding carboxylic acids is 2. The van der Waals surface area contributed by atoms with Crippen molar-refractivity contribution in [3.63, 3.8) is 0 Å². The topological polar surface area (TPSA) is 111 Å². The van der Waals surface area contributed by atoms with Gasteiger partial charge in [0.15, 0.2) is 6.61 Å². The zero-order valence-electron chi connectivity index (χ0n) is 15.5. The number of amides is 1. The van der Waals surface area contributed by atoms with E-state index in [0.29, 0.717) is 15.8 Å². The van der Waals surface area contributed by atoms with Crippen LogP contribution in [0.2, 0.25) is 0 Å². The van der Waals surface area contributed by atoms with Gasteiger partial charge in [0.05, 0.1) is 21.9 Å². The lowest BCUT2D eigenvalue weighted by Gasteiger charge is -2.12. The first-order valence-corrected chi connectivity index (χ1v) is 9.55. The van der Waals surface area contributed by atoms with E-state index in [1.807, 2.05) is 30.3 Å². The van der Waals surface area contributed by atoms with E-state index in [0.717, 1.165) is 5.69 Å². The van der Waals surface area contributed by atoms with Gasteiger partial charge in [0.1, 0.15) is 0 Å². The fraction of sp³-hybridized carbons (Fsp3) is 0.0476. The van der Waals surface area contributed by atoms with Crippen molar-refractivity contribution in [2.24, 2.45) is 0 Å². The number of rotatable bonds is 7. The number of nitro groups is 1. The summed E-state index contributed by atoms with van der Waals surface area (Å²) in [6.45, 7) is -0.512. The largest absolute Gasteiger partial charge is 0.452 e. The molecule has 0 aliphatic rings. The molecule has 0 unspecified atom stereocenters. The van der Waals surface area contributed by atoms with Gasteiger partial charge in [0, 0.05) is 22.3 Å². The summed E-state index contributed by atoms with van der Waals surface area (Å²) in [4.78, 5) is 34.8. The first-order chi connectivity index (χ1) is 14.4. The van der Waals surface area contributed by atoms with Crippen LogP contribution in [0.5, 0.6) is 0 Å². The van der Waals surface area contributed by atoms with E-state index in [-0.39, 0.29) is 11.3 Å². The molecule has 9 heteroatoms. The third-order valence-corrected chi connectivity index (χ3v) is 4.63. The van der Waals surface area contributed by atoms with Crippen LogP contribution in [0.15, 0.2) is 77.3 Å². The Balaban J connectivity index is 1.62. The van der Waals surface area contributed by atoms with Gasteiger partial charge in [-0.3, -0.25) is 14.9 Å². The molecule has 0 aromatic heterocycles. The van der Waals surface area contributed by atoms with E-state index in [4.69, 9.17) is 4.74 Å². The SMILES string of the molecule is O=C(COC(=O)c1ccccc1Nc1ccccc1)Nc1ccc([N+](=O)[O-])cc1Br. The van der Waals surface area contributed by atoms with Crippen LogP contribution in [0.1, 0.15) is 10.4 Å². The summed E-state index contributed by atoms with van der Waals surface area (Å²) in [7, 11) is 0. The number of para-hydroxylation sites is 2. The predicted octanol–water partition coefficient (Wildman–Crippen LogP) is 4.90. The van der Waals surface area contributed by atoms with Crippen LogP contribution in [-0.4, -0.2) is 23.4 Å². The molecule has 0 saturated heterocycles. The number of ether oxygens (including phenoxy) is 1. The number of carbonyl (C=O) groups is 2. The van der Waals surface area contributed by atoms with E-state index in [9.17, 15) is 19.7 Å². The molecule has 0 fully saturated rings. The predicted molar refractivity (Wildman–Crippen MR) is 116 cm³/mol. The molecule has 0 heterocycles. The average molecular weight is 470 g/mol. The Morgan fingerprint density at radius 3 is 2.37 bits per heavy atom. The number of non-ortho nitro benzene ring substituents is 1. The first kappa shape index (κ1) is 21.0. The molecule has 0 bridgehead atoms. The molecule has 8 nitrogen and oxygen atoms in total. The maximum atomic E-state index is 12.5. The molecule has 152 valence electrons. The molecule has 30 heavy (non-hydrogen) atoms. The third-order valence-electron chi connectivity index (χ3n) is 3.97. The molecule has 0 atom stereocenters. The number of hydrogen-bond acceptors (Lipinski definition) is 6. The first-order valence-electron chi connectivity index (χ1n) is 8.76. The van der Waals surface area contributed by atoms with Gasteiger partial charge >= 0.3 is 5.97 Å². The summed E-state index contributed by atoms with van der Waals surface area (Å²) >= 11 is 3.17. The van der Waals surface area contributed by atoms with Gasteiger partial charge < -0.3 is 15.4 Å². The van der Waals surface area contributed by atoms with Crippen molar-refractivity contribution in [3.8, 4) is 0 Å². The highest BCUT2D eigenvalue weighted by Crippen LogP contribution is 2.27. The summed E-state index contributed by atoms with van der Waals surface area (Å²) in [5.74, 6) is -1.24. The molecule has 0 spiro atoms. The van der Waals surface area contributed by atoms with Crippen molar-refractivity contribution in [1.29, 1.82) is 0 Å². The summed E-state index contributed by atoms with van der Waals surface area (Å²) < 4.78 is 5.47. The second-order valence-corrected chi connectivity index (χ2v) is 6.94. The second-order valence-electron chi connectivity index (χ2n) is 6.08. The lowest BCUT2D eigenvalue weighted by molar-refractivity contribution is -0.384. The van der Waals surface area contributed by atoms with Crippen molar-refractivity contribution < 1.29 is 19.2 Å². The monoisotopic (exact) mass is 469 g/mol. The van der Waals surface area contributed by atoms with Gasteiger partial charge in [-0.05, 0) is 46.3 Å². The number of anilines is 3. The van der Waals surface area contributed by atoms with Gasteiger partial charge in [-0.15, -0.1) is 0 Å². The minimum atomic E-state index is -0.660. The molecule has 2 N–H and O–H groups in total. The Morgan fingerprint density at radius 1 is 0.967 bits per heavy atom. The smallest absolute Gasteiger partial charge is 0.340 e. The third kappa shape index (κ3) is 5.42. The quantitative estimate of drug-likeness (QED) is 0.289. The molecule has 1 amide bonds. The molecule has 0 saturated carbocycles. The zero-order valence-corrected chi connectivity index (χ0v) is 17.1. The molecular weight excluding hydrogens is 454 g/mol. The molecule has 0 aliphatic carbocycles. The van der Waals surface area contributed by atoms with E-state index >= 15 is 0 Å². The molecule has 3 aromatic carbocycles. The van der Waals surface area contributed by atoms with Crippen LogP contribution in [0.4, 0.5) is 22.7 Å². The Labute approximate surface area is 180 Å². The van der Waals surface area contributed by atoms with Crippen LogP contribution in [0, 0.1) is 10.1 Å². The Bertz CT molecular complexity index is 1090. The normalized spacial score (nSPS) is 10.2. The van der Waals surface area contributed by atoms with Crippen LogP contribution in [0.3, 0.4) is 0 Å². The molecule has 0 aliphatic heterocycles. The van der Waals surface area contributed by atoms with Gasteiger partial charge in [0.25, 0.3) is 11.6 Å². The van der Waals surface area contributed by atoms with Crippen molar-refractivity contribution in [1.82, 2.24) is 0 Å². The van der Waals surface area contributed by atoms with Crippen LogP contribution < -0.4 is 10.6 Å². The summed E-state index contributed by atoms with van der Waals surface area (Å²) in [6, 6.07) is 20.1. The fourth-order valence-corrected chi connectivity index (χ4v) is 3.03. The second kappa shape index (κ2) is 9.66. The standard InChI is InChI=1S/C21H16BrN3O5/c22-17-12-15(25(28)29)10-11-19(17)24-20(26)13-30-21(27)16-8-4-5-9-18(16)23-14-6-2-1-3-7-14/h1-12,23H,13H2,(H,24,26). The van der Waals surface area contributed by atoms with Gasteiger partial charge in [-0.25, -0.2) is 4.79 Å². The summed E-state index contributed by atoms with van der Waals surface area (Å²) in [5.41, 5.74) is 1.85. The minimum Gasteiger partial charge on any atom is -0.452 e. The Hall–Kier alpha value is -3.72. The number of hydrogen-bond donors (Lipinski definition) is 2. The molecule has 3 rings (SSSR count). The number of nitrogens with zero attached hydrogens (tertiary/aromatic N) is 1. The van der Waals surface area contributed by atoms with Crippen molar-refractivity contribution in [2.75, 3.05) is 17.2 Å². The average Bonchev–Trinajstić information content (AvgIpc) is 2.74. The number of esters is 1. The van der Waals surface area contributed by atoms with E-state index in [2.05, 4.69) is 26.6 Å². The molecule has 3 aromatic rings. The Kier molecular flexibility index (Phi) is 6.76. The summed E-state index contributed by atoms with van der Waals surface area (Å²) in [6.07, 6.45) is 0. The number of benzene rings is 3. The van der Waals surface area contributed by atoms with E-state index in [1.165, 1.54) is 18.2 Å². The molecular formula is C21H16BrN3O5. The van der Waals surface area contributed by atoms with Gasteiger partial charge in [-0.2, -0.15) is 0 Å². The number of nitrogens with one attached hydrogen (secondary N) is 2.